The molecule has 0 amide bonds. The van der Waals surface area contributed by atoms with E-state index < -0.39 is 29.3 Å². The average molecular weight is 540 g/mol. The molecule has 0 atom stereocenters. The van der Waals surface area contributed by atoms with Gasteiger partial charge in [-0.2, -0.15) is 0 Å². The molecule has 3 aromatic carbocycles. The van der Waals surface area contributed by atoms with Crippen LogP contribution in [0.3, 0.4) is 0 Å². The molecule has 0 saturated carbocycles. The Kier molecular flexibility index (Phi) is 24.0. The Labute approximate surface area is 238 Å². The fourth-order valence-electron chi connectivity index (χ4n) is 3.54. The molecule has 12 N–H and O–H groups in total. The first-order valence-electron chi connectivity index (χ1n) is 11.6. The van der Waals surface area contributed by atoms with Gasteiger partial charge in [-0.15, -0.1) is 0 Å². The Hall–Kier alpha value is -1.96. The van der Waals surface area contributed by atoms with E-state index in [4.69, 9.17) is 60.3 Å². The van der Waals surface area contributed by atoms with Crippen LogP contribution in [0, 0.1) is 0 Å². The fraction of sp³-hybridized carbons (Fsp3) is 0.182. The van der Waals surface area contributed by atoms with Crippen molar-refractivity contribution in [2.75, 3.05) is 0 Å². The van der Waals surface area contributed by atoms with Crippen LogP contribution in [0.1, 0.15) is 29.5 Å². The summed E-state index contributed by atoms with van der Waals surface area (Å²) in [6, 6.07) is 32.9. The molecule has 0 radical (unpaired) electrons. The van der Waals surface area contributed by atoms with Gasteiger partial charge in [0.15, 0.2) is 0 Å². The number of hydrogen-bond acceptors (Lipinski definition) is 12. The molecular weight excluding hydrogens is 506 g/mol. The van der Waals surface area contributed by atoms with Crippen molar-refractivity contribution in [3.05, 3.63) is 108 Å². The summed E-state index contributed by atoms with van der Waals surface area (Å²) in [5, 5.41) is 87.2. The van der Waals surface area contributed by atoms with Crippen molar-refractivity contribution in [1.29, 1.82) is 0 Å². The van der Waals surface area contributed by atoms with E-state index in [1.165, 1.54) is 28.2 Å². The van der Waals surface area contributed by atoms with Crippen LogP contribution in [-0.2, 0) is 5.41 Å². The molecule has 0 aliphatic carbocycles. The van der Waals surface area contributed by atoms with Crippen molar-refractivity contribution in [3.63, 3.8) is 0 Å². The number of benzene rings is 3. The van der Waals surface area contributed by atoms with Crippen molar-refractivity contribution in [1.82, 2.24) is 0 Å². The molecule has 0 saturated heterocycles. The Morgan fingerprint density at radius 1 is 0.436 bits per heavy atom. The molecule has 0 bridgehead atoms. The average Bonchev–Trinajstić information content (AvgIpc) is 2.85. The van der Waals surface area contributed by atoms with Gasteiger partial charge in [0.25, 0.3) is 0 Å². The third kappa shape index (κ3) is 20.6. The summed E-state index contributed by atoms with van der Waals surface area (Å²) in [4.78, 5) is 0. The van der Waals surface area contributed by atoms with E-state index in [0.717, 1.165) is 6.42 Å². The van der Waals surface area contributed by atoms with E-state index >= 15 is 0 Å². The molecule has 0 spiro atoms. The second-order valence-electron chi connectivity index (χ2n) is 7.49. The number of hydrogen-bond donors (Lipinski definition) is 12. The zero-order valence-electron chi connectivity index (χ0n) is 21.5. The van der Waals surface area contributed by atoms with Gasteiger partial charge < -0.3 is 60.3 Å². The minimum atomic E-state index is -2.17. The summed E-state index contributed by atoms with van der Waals surface area (Å²) in [5.74, 6) is 0. The van der Waals surface area contributed by atoms with E-state index in [9.17, 15) is 0 Å². The van der Waals surface area contributed by atoms with Crippen molar-refractivity contribution < 1.29 is 60.3 Å². The first-order chi connectivity index (χ1) is 18.3. The summed E-state index contributed by atoms with van der Waals surface area (Å²) >= 11 is 2.27. The molecule has 0 heterocycles. The van der Waals surface area contributed by atoms with Gasteiger partial charge in [0.1, 0.15) is 0 Å². The Bertz CT molecular complexity index is 798. The van der Waals surface area contributed by atoms with E-state index in [1.807, 2.05) is 0 Å². The fourth-order valence-corrected chi connectivity index (χ4v) is 3.54. The maximum absolute atomic E-state index is 7.17. The van der Waals surface area contributed by atoms with Gasteiger partial charge in [0.2, 0.25) is 0 Å². The van der Waals surface area contributed by atoms with E-state index in [0.29, 0.717) is 0 Å². The molecule has 3 rings (SSSR count). The molecule has 3 aromatic rings. The zero-order chi connectivity index (χ0) is 30.3. The Balaban J connectivity index is 0. The molecule has 0 unspecified atom stereocenters. The van der Waals surface area contributed by atoms with E-state index in [2.05, 4.69) is 109 Å². The van der Waals surface area contributed by atoms with Gasteiger partial charge in [-0.3, -0.25) is 0 Å². The summed E-state index contributed by atoms with van der Waals surface area (Å²) in [5.41, 5.74) is 4.07. The first kappa shape index (κ1) is 39.2. The van der Waals surface area contributed by atoms with Crippen LogP contribution >= 0.6 is 0 Å². The third-order valence-electron chi connectivity index (χ3n) is 4.71. The van der Waals surface area contributed by atoms with Crippen LogP contribution in [0.25, 0.3) is 0 Å². The molecule has 0 aliphatic rings. The van der Waals surface area contributed by atoms with Crippen molar-refractivity contribution in [2.24, 2.45) is 0 Å². The molecule has 0 fully saturated rings. The van der Waals surface area contributed by atoms with Crippen LogP contribution in [0.5, 0.6) is 0 Å². The summed E-state index contributed by atoms with van der Waals surface area (Å²) in [6.07, 6.45) is 2.33. The van der Waals surface area contributed by atoms with Gasteiger partial charge in [-0.25, -0.2) is 0 Å². The predicted octanol–water partition coefficient (Wildman–Crippen LogP) is -2.82. The molecule has 206 valence electrons. The topological polar surface area (TPSA) is 243 Å². The maximum atomic E-state index is 7.17. The predicted molar refractivity (Wildman–Crippen MR) is 149 cm³/mol. The third-order valence-corrected chi connectivity index (χ3v) is 4.71. The van der Waals surface area contributed by atoms with E-state index in [1.54, 1.807) is 0 Å². The van der Waals surface area contributed by atoms with Gasteiger partial charge in [-0.05, 0) is 0 Å². The van der Waals surface area contributed by atoms with Crippen molar-refractivity contribution in [3.8, 4) is 0 Å². The van der Waals surface area contributed by atoms with Gasteiger partial charge in [-0.1, -0.05) is 0 Å². The molecule has 0 aromatic heterocycles. The first-order valence-corrected chi connectivity index (χ1v) is 11.6. The van der Waals surface area contributed by atoms with Gasteiger partial charge >= 0.3 is 178 Å². The SMILES string of the molecule is OB(O)O.OB(O)O.OB(O)O.OB(O)O.[Li][CH2]CCC(c1ccccc1)(c1ccccc1)c1ccccc1. The minimum absolute atomic E-state index is 0.0697. The van der Waals surface area contributed by atoms with Crippen LogP contribution in [-0.4, -0.2) is 107 Å². The van der Waals surface area contributed by atoms with E-state index in [-0.39, 0.29) is 5.41 Å². The molecular formula is C22H33B4LiO12. The van der Waals surface area contributed by atoms with Crippen molar-refractivity contribution >= 4 is 47.0 Å². The second kappa shape index (κ2) is 23.9. The Morgan fingerprint density at radius 2 is 0.641 bits per heavy atom. The molecule has 17 heteroatoms. The number of rotatable bonds is 6. The van der Waals surface area contributed by atoms with Crippen LogP contribution < -0.4 is 0 Å². The summed E-state index contributed by atoms with van der Waals surface area (Å²) < 4.78 is 0. The van der Waals surface area contributed by atoms with Gasteiger partial charge in [0.05, 0.1) is 0 Å². The van der Waals surface area contributed by atoms with Crippen LogP contribution in [0.2, 0.25) is 5.09 Å². The van der Waals surface area contributed by atoms with Crippen LogP contribution in [0.4, 0.5) is 0 Å². The standard InChI is InChI=1S/C22H21.4BH3O3.Li/c1-2-18-22(19-12-6-3-7-13-19,20-14-8-4-9-15-20)21-16-10-5-11-17-21;4*2-1(3)4;/h3-17H,1-2,18H2;4*2-4H;. The monoisotopic (exact) mass is 540 g/mol. The van der Waals surface area contributed by atoms with Crippen LogP contribution in [0.15, 0.2) is 91.0 Å². The Morgan fingerprint density at radius 3 is 0.821 bits per heavy atom. The van der Waals surface area contributed by atoms with Gasteiger partial charge in [0, 0.05) is 0 Å². The second-order valence-corrected chi connectivity index (χ2v) is 7.49. The zero-order valence-corrected chi connectivity index (χ0v) is 21.5. The van der Waals surface area contributed by atoms with Crippen molar-refractivity contribution in [2.45, 2.75) is 23.4 Å². The normalized spacial score (nSPS) is 9.49. The molecule has 39 heavy (non-hydrogen) atoms. The summed E-state index contributed by atoms with van der Waals surface area (Å²) in [7, 11) is -8.67. The molecule has 0 aliphatic heterocycles. The molecule has 12 nitrogen and oxygen atoms in total. The summed E-state index contributed by atoms with van der Waals surface area (Å²) in [6.45, 7) is 0. The quantitative estimate of drug-likeness (QED) is 0.112.